The molecule has 0 saturated heterocycles. The molecule has 0 aliphatic rings. The Bertz CT molecular complexity index is 388. The third-order valence-electron chi connectivity index (χ3n) is 2.16. The highest BCUT2D eigenvalue weighted by molar-refractivity contribution is 9.09. The van der Waals surface area contributed by atoms with E-state index in [0.717, 1.165) is 18.2 Å². The van der Waals surface area contributed by atoms with Gasteiger partial charge in [0.2, 0.25) is 5.91 Å². The molecule has 0 bridgehead atoms. The molecule has 0 saturated carbocycles. The van der Waals surface area contributed by atoms with E-state index in [4.69, 9.17) is 0 Å². The summed E-state index contributed by atoms with van der Waals surface area (Å²) in [4.78, 5) is 11.6. The number of alkyl halides is 3. The number of carbonyl (C=O) groups is 1. The van der Waals surface area contributed by atoms with Gasteiger partial charge in [-0.2, -0.15) is 8.78 Å². The van der Waals surface area contributed by atoms with E-state index in [1.807, 2.05) is 0 Å². The number of anilines is 1. The molecule has 18 heavy (non-hydrogen) atoms. The highest BCUT2D eigenvalue weighted by Crippen LogP contribution is 2.25. The van der Waals surface area contributed by atoms with Gasteiger partial charge < -0.3 is 10.1 Å². The Labute approximate surface area is 113 Å². The Morgan fingerprint density at radius 1 is 1.33 bits per heavy atom. The lowest BCUT2D eigenvalue weighted by molar-refractivity contribution is -0.116. The van der Waals surface area contributed by atoms with Gasteiger partial charge in [0.15, 0.2) is 0 Å². The van der Waals surface area contributed by atoms with Gasteiger partial charge in [0.05, 0.1) is 5.69 Å². The van der Waals surface area contributed by atoms with Crippen LogP contribution in [0.1, 0.15) is 19.3 Å². The van der Waals surface area contributed by atoms with Gasteiger partial charge in [0.1, 0.15) is 5.75 Å². The molecule has 0 aromatic heterocycles. The van der Waals surface area contributed by atoms with E-state index < -0.39 is 6.61 Å². The molecule has 1 aromatic carbocycles. The number of amides is 1. The van der Waals surface area contributed by atoms with Gasteiger partial charge in [-0.05, 0) is 25.0 Å². The molecule has 0 aliphatic heterocycles. The predicted octanol–water partition coefficient (Wildman–Crippen LogP) is 3.79. The van der Waals surface area contributed by atoms with Crippen LogP contribution >= 0.6 is 15.9 Å². The van der Waals surface area contributed by atoms with Gasteiger partial charge >= 0.3 is 6.61 Å². The number of hydrogen-bond donors (Lipinski definition) is 1. The summed E-state index contributed by atoms with van der Waals surface area (Å²) in [5.74, 6) is -0.234. The van der Waals surface area contributed by atoms with Gasteiger partial charge in [0, 0.05) is 11.8 Å². The minimum atomic E-state index is -2.91. The number of para-hydroxylation sites is 2. The number of benzene rings is 1. The summed E-state index contributed by atoms with van der Waals surface area (Å²) in [6.45, 7) is -2.91. The highest BCUT2D eigenvalue weighted by Gasteiger charge is 2.11. The fourth-order valence-corrected chi connectivity index (χ4v) is 1.76. The van der Waals surface area contributed by atoms with E-state index in [1.54, 1.807) is 12.1 Å². The van der Waals surface area contributed by atoms with Gasteiger partial charge in [0.25, 0.3) is 0 Å². The molecule has 0 spiro atoms. The lowest BCUT2D eigenvalue weighted by Gasteiger charge is -2.11. The van der Waals surface area contributed by atoms with Crippen molar-refractivity contribution < 1.29 is 18.3 Å². The molecule has 6 heteroatoms. The van der Waals surface area contributed by atoms with Crippen LogP contribution in [0.2, 0.25) is 0 Å². The van der Waals surface area contributed by atoms with Crippen molar-refractivity contribution in [1.82, 2.24) is 0 Å². The average Bonchev–Trinajstić information content (AvgIpc) is 2.31. The van der Waals surface area contributed by atoms with Crippen molar-refractivity contribution >= 4 is 27.5 Å². The molecule has 1 rings (SSSR count). The van der Waals surface area contributed by atoms with Crippen molar-refractivity contribution in [2.75, 3.05) is 10.6 Å². The van der Waals surface area contributed by atoms with Crippen LogP contribution in [0.25, 0.3) is 0 Å². The number of carbonyl (C=O) groups excluding carboxylic acids is 1. The highest BCUT2D eigenvalue weighted by atomic mass is 79.9. The topological polar surface area (TPSA) is 38.3 Å². The summed E-state index contributed by atoms with van der Waals surface area (Å²) in [5, 5.41) is 3.40. The van der Waals surface area contributed by atoms with Crippen molar-refractivity contribution in [2.24, 2.45) is 0 Å². The predicted molar refractivity (Wildman–Crippen MR) is 69.3 cm³/mol. The SMILES string of the molecule is O=C(CCCCBr)Nc1ccccc1OC(F)F. The van der Waals surface area contributed by atoms with Gasteiger partial charge in [-0.15, -0.1) is 0 Å². The number of rotatable bonds is 7. The van der Waals surface area contributed by atoms with Crippen LogP contribution in [0.15, 0.2) is 24.3 Å². The van der Waals surface area contributed by atoms with Crippen molar-refractivity contribution in [3.8, 4) is 5.75 Å². The Morgan fingerprint density at radius 2 is 2.06 bits per heavy atom. The van der Waals surface area contributed by atoms with Gasteiger partial charge in [-0.25, -0.2) is 0 Å². The van der Waals surface area contributed by atoms with Crippen LogP contribution < -0.4 is 10.1 Å². The first-order valence-corrected chi connectivity index (χ1v) is 6.65. The van der Waals surface area contributed by atoms with E-state index in [2.05, 4.69) is 26.0 Å². The molecule has 1 N–H and O–H groups in total. The average molecular weight is 322 g/mol. The number of ether oxygens (including phenoxy) is 1. The maximum Gasteiger partial charge on any atom is 0.387 e. The minimum Gasteiger partial charge on any atom is -0.433 e. The Kier molecular flexibility index (Phi) is 6.64. The second-order valence-electron chi connectivity index (χ2n) is 3.57. The molecular formula is C12H14BrF2NO2. The summed E-state index contributed by atoms with van der Waals surface area (Å²) >= 11 is 3.27. The largest absolute Gasteiger partial charge is 0.433 e. The zero-order valence-electron chi connectivity index (χ0n) is 9.67. The molecule has 0 heterocycles. The number of halogens is 3. The molecule has 1 aromatic rings. The van der Waals surface area contributed by atoms with Crippen molar-refractivity contribution in [2.45, 2.75) is 25.9 Å². The first-order chi connectivity index (χ1) is 8.63. The fourth-order valence-electron chi connectivity index (χ4n) is 1.36. The Balaban J connectivity index is 2.57. The van der Waals surface area contributed by atoms with E-state index in [1.165, 1.54) is 12.1 Å². The zero-order valence-corrected chi connectivity index (χ0v) is 11.3. The van der Waals surface area contributed by atoms with Crippen molar-refractivity contribution in [3.63, 3.8) is 0 Å². The van der Waals surface area contributed by atoms with Gasteiger partial charge in [-0.1, -0.05) is 28.1 Å². The summed E-state index contributed by atoms with van der Waals surface area (Å²) < 4.78 is 28.6. The molecule has 1 amide bonds. The summed E-state index contributed by atoms with van der Waals surface area (Å²) in [7, 11) is 0. The Hall–Kier alpha value is -1.17. The van der Waals surface area contributed by atoms with E-state index in [0.29, 0.717) is 6.42 Å². The van der Waals surface area contributed by atoms with Crippen molar-refractivity contribution in [1.29, 1.82) is 0 Å². The van der Waals surface area contributed by atoms with E-state index in [-0.39, 0.29) is 17.3 Å². The standard InChI is InChI=1S/C12H14BrF2NO2/c13-8-4-3-7-11(17)16-9-5-1-2-6-10(9)18-12(14)15/h1-2,5-6,12H,3-4,7-8H2,(H,16,17). The molecule has 100 valence electrons. The maximum atomic E-state index is 12.1. The maximum absolute atomic E-state index is 12.1. The zero-order chi connectivity index (χ0) is 13.4. The smallest absolute Gasteiger partial charge is 0.387 e. The molecular weight excluding hydrogens is 308 g/mol. The number of unbranched alkanes of at least 4 members (excludes halogenated alkanes) is 1. The van der Waals surface area contributed by atoms with E-state index >= 15 is 0 Å². The lowest BCUT2D eigenvalue weighted by Crippen LogP contribution is -2.13. The summed E-state index contributed by atoms with van der Waals surface area (Å²) in [5.41, 5.74) is 0.265. The third-order valence-corrected chi connectivity index (χ3v) is 2.73. The first-order valence-electron chi connectivity index (χ1n) is 5.53. The molecule has 0 unspecified atom stereocenters. The first kappa shape index (κ1) is 14.9. The molecule has 0 aliphatic carbocycles. The molecule has 0 atom stereocenters. The molecule has 0 radical (unpaired) electrons. The minimum absolute atomic E-state index is 0.0265. The molecule has 3 nitrogen and oxygen atoms in total. The van der Waals surface area contributed by atoms with Crippen LogP contribution in [0.3, 0.4) is 0 Å². The fraction of sp³-hybridized carbons (Fsp3) is 0.417. The van der Waals surface area contributed by atoms with Crippen molar-refractivity contribution in [3.05, 3.63) is 24.3 Å². The second kappa shape index (κ2) is 8.02. The Morgan fingerprint density at radius 3 is 2.72 bits per heavy atom. The number of hydrogen-bond acceptors (Lipinski definition) is 2. The second-order valence-corrected chi connectivity index (χ2v) is 4.36. The summed E-state index contributed by atoms with van der Waals surface area (Å²) in [6, 6.07) is 6.13. The lowest BCUT2D eigenvalue weighted by atomic mass is 10.2. The normalized spacial score (nSPS) is 10.4. The van der Waals surface area contributed by atoms with Crippen LogP contribution in [-0.2, 0) is 4.79 Å². The molecule has 0 fully saturated rings. The third kappa shape index (κ3) is 5.44. The summed E-state index contributed by atoms with van der Waals surface area (Å²) in [6.07, 6.45) is 1.99. The van der Waals surface area contributed by atoms with Crippen LogP contribution in [0, 0.1) is 0 Å². The van der Waals surface area contributed by atoms with E-state index in [9.17, 15) is 13.6 Å². The van der Waals surface area contributed by atoms with Gasteiger partial charge in [-0.3, -0.25) is 4.79 Å². The number of nitrogens with one attached hydrogen (secondary N) is 1. The van der Waals surface area contributed by atoms with Crippen LogP contribution in [0.5, 0.6) is 5.75 Å². The van der Waals surface area contributed by atoms with Crippen LogP contribution in [0.4, 0.5) is 14.5 Å². The monoisotopic (exact) mass is 321 g/mol. The van der Waals surface area contributed by atoms with Crippen LogP contribution in [-0.4, -0.2) is 17.8 Å². The quantitative estimate of drug-likeness (QED) is 0.613.